The van der Waals surface area contributed by atoms with Crippen molar-refractivity contribution in [3.63, 3.8) is 0 Å². The lowest BCUT2D eigenvalue weighted by Crippen LogP contribution is -2.21. The fraction of sp³-hybridized carbons (Fsp3) is 0.474. The molecular formula is C19H27N5O. The molecule has 134 valence electrons. The first-order valence-electron chi connectivity index (χ1n) is 8.68. The lowest BCUT2D eigenvalue weighted by Gasteiger charge is -2.22. The Kier molecular flexibility index (Phi) is 5.50. The topological polar surface area (TPSA) is 67.5 Å². The van der Waals surface area contributed by atoms with Gasteiger partial charge in [0.2, 0.25) is 5.95 Å². The Bertz CT molecular complexity index is 713. The van der Waals surface area contributed by atoms with Crippen molar-refractivity contribution in [1.29, 1.82) is 0 Å². The Labute approximate surface area is 149 Å². The zero-order chi connectivity index (χ0) is 17.8. The standard InChI is InChI=1S/C19H27N5O/c1-23(2)11-14-6-4-5-7-15(14)12-24(3)18-10-17(21-19(20)22-18)16-8-9-25-13-16/h4-7,10,16H,8-9,11-13H2,1-3H3,(H2,20,21,22)/t16-/m1/s1. The number of nitrogen functional groups attached to an aromatic ring is 1. The van der Waals surface area contributed by atoms with Gasteiger partial charge in [-0.3, -0.25) is 0 Å². The predicted octanol–water partition coefficient (Wildman–Crippen LogP) is 2.26. The van der Waals surface area contributed by atoms with E-state index in [1.54, 1.807) is 0 Å². The van der Waals surface area contributed by atoms with Crippen LogP contribution >= 0.6 is 0 Å². The van der Waals surface area contributed by atoms with Gasteiger partial charge in [0, 0.05) is 38.7 Å². The summed E-state index contributed by atoms with van der Waals surface area (Å²) >= 11 is 0. The van der Waals surface area contributed by atoms with E-state index in [0.717, 1.165) is 37.6 Å². The van der Waals surface area contributed by atoms with Crippen molar-refractivity contribution in [2.75, 3.05) is 45.0 Å². The highest BCUT2D eigenvalue weighted by atomic mass is 16.5. The third kappa shape index (κ3) is 4.46. The summed E-state index contributed by atoms with van der Waals surface area (Å²) in [6, 6.07) is 10.6. The molecule has 0 bridgehead atoms. The van der Waals surface area contributed by atoms with Gasteiger partial charge in [-0.15, -0.1) is 0 Å². The zero-order valence-corrected chi connectivity index (χ0v) is 15.3. The molecule has 0 saturated carbocycles. The van der Waals surface area contributed by atoms with E-state index in [1.165, 1.54) is 11.1 Å². The Hall–Kier alpha value is -2.18. The molecule has 0 unspecified atom stereocenters. The summed E-state index contributed by atoms with van der Waals surface area (Å²) in [7, 11) is 6.21. The molecule has 6 heteroatoms. The molecule has 1 aromatic carbocycles. The molecule has 1 aromatic heterocycles. The predicted molar refractivity (Wildman–Crippen MR) is 101 cm³/mol. The van der Waals surface area contributed by atoms with Crippen LogP contribution in [0.4, 0.5) is 11.8 Å². The van der Waals surface area contributed by atoms with E-state index < -0.39 is 0 Å². The summed E-state index contributed by atoms with van der Waals surface area (Å²) < 4.78 is 5.48. The number of anilines is 2. The van der Waals surface area contributed by atoms with Gasteiger partial charge in [-0.25, -0.2) is 4.98 Å². The molecule has 3 rings (SSSR count). The maximum atomic E-state index is 5.96. The summed E-state index contributed by atoms with van der Waals surface area (Å²) in [4.78, 5) is 13.2. The van der Waals surface area contributed by atoms with Gasteiger partial charge in [0.25, 0.3) is 0 Å². The normalized spacial score (nSPS) is 17.2. The zero-order valence-electron chi connectivity index (χ0n) is 15.3. The van der Waals surface area contributed by atoms with Crippen molar-refractivity contribution in [1.82, 2.24) is 14.9 Å². The quantitative estimate of drug-likeness (QED) is 0.869. The van der Waals surface area contributed by atoms with Gasteiger partial charge < -0.3 is 20.3 Å². The highest BCUT2D eigenvalue weighted by molar-refractivity contribution is 5.45. The Morgan fingerprint density at radius 1 is 1.12 bits per heavy atom. The Balaban J connectivity index is 1.80. The number of benzene rings is 1. The van der Waals surface area contributed by atoms with Crippen molar-refractivity contribution in [3.05, 3.63) is 47.2 Å². The van der Waals surface area contributed by atoms with Gasteiger partial charge in [0.05, 0.1) is 12.3 Å². The van der Waals surface area contributed by atoms with Gasteiger partial charge in [-0.05, 0) is 31.6 Å². The van der Waals surface area contributed by atoms with Gasteiger partial charge in [-0.2, -0.15) is 4.98 Å². The monoisotopic (exact) mass is 341 g/mol. The fourth-order valence-corrected chi connectivity index (χ4v) is 3.19. The summed E-state index contributed by atoms with van der Waals surface area (Å²) in [5.74, 6) is 1.50. The lowest BCUT2D eigenvalue weighted by molar-refractivity contribution is 0.193. The van der Waals surface area contributed by atoms with Gasteiger partial charge in [0.15, 0.2) is 0 Å². The number of hydrogen-bond donors (Lipinski definition) is 1. The van der Waals surface area contributed by atoms with E-state index in [1.807, 2.05) is 13.1 Å². The lowest BCUT2D eigenvalue weighted by atomic mass is 10.0. The van der Waals surface area contributed by atoms with Crippen LogP contribution in [0.1, 0.15) is 29.2 Å². The van der Waals surface area contributed by atoms with E-state index in [9.17, 15) is 0 Å². The number of rotatable bonds is 6. The smallest absolute Gasteiger partial charge is 0.222 e. The molecule has 1 saturated heterocycles. The number of nitrogens with two attached hydrogens (primary N) is 1. The van der Waals surface area contributed by atoms with E-state index in [-0.39, 0.29) is 0 Å². The molecule has 0 radical (unpaired) electrons. The van der Waals surface area contributed by atoms with Crippen LogP contribution in [0.15, 0.2) is 30.3 Å². The van der Waals surface area contributed by atoms with Gasteiger partial charge >= 0.3 is 0 Å². The minimum atomic E-state index is 0.318. The molecule has 1 atom stereocenters. The van der Waals surface area contributed by atoms with Crippen LogP contribution in [0.2, 0.25) is 0 Å². The molecule has 6 nitrogen and oxygen atoms in total. The highest BCUT2D eigenvalue weighted by Gasteiger charge is 2.21. The molecule has 25 heavy (non-hydrogen) atoms. The Morgan fingerprint density at radius 2 is 1.84 bits per heavy atom. The van der Waals surface area contributed by atoms with Crippen LogP contribution in [-0.4, -0.2) is 49.2 Å². The molecule has 0 amide bonds. The average molecular weight is 341 g/mol. The number of ether oxygens (including phenoxy) is 1. The fourth-order valence-electron chi connectivity index (χ4n) is 3.19. The average Bonchev–Trinajstić information content (AvgIpc) is 3.10. The molecule has 2 aromatic rings. The second-order valence-corrected chi connectivity index (χ2v) is 6.93. The number of nitrogens with zero attached hydrogens (tertiary/aromatic N) is 4. The van der Waals surface area contributed by atoms with Crippen molar-refractivity contribution in [2.45, 2.75) is 25.4 Å². The minimum absolute atomic E-state index is 0.318. The van der Waals surface area contributed by atoms with E-state index in [0.29, 0.717) is 18.5 Å². The first-order valence-corrected chi connectivity index (χ1v) is 8.68. The second-order valence-electron chi connectivity index (χ2n) is 6.93. The molecule has 0 aliphatic carbocycles. The SMILES string of the molecule is CN(C)Cc1ccccc1CN(C)c1cc([C@@H]2CCOC2)nc(N)n1. The summed E-state index contributed by atoms with van der Waals surface area (Å²) in [5.41, 5.74) is 9.56. The molecule has 1 aliphatic rings. The first-order chi connectivity index (χ1) is 12.0. The van der Waals surface area contributed by atoms with Crippen molar-refractivity contribution < 1.29 is 4.74 Å². The molecule has 2 N–H and O–H groups in total. The summed E-state index contributed by atoms with van der Waals surface area (Å²) in [6.07, 6.45) is 0.991. The maximum absolute atomic E-state index is 5.96. The maximum Gasteiger partial charge on any atom is 0.222 e. The van der Waals surface area contributed by atoms with Crippen LogP contribution in [0.5, 0.6) is 0 Å². The van der Waals surface area contributed by atoms with E-state index in [4.69, 9.17) is 10.5 Å². The first kappa shape index (κ1) is 17.6. The molecule has 1 fully saturated rings. The number of aromatic nitrogens is 2. The van der Waals surface area contributed by atoms with E-state index >= 15 is 0 Å². The van der Waals surface area contributed by atoms with Crippen molar-refractivity contribution in [3.8, 4) is 0 Å². The summed E-state index contributed by atoms with van der Waals surface area (Å²) in [6.45, 7) is 3.20. The molecule has 0 spiro atoms. The third-order valence-corrected chi connectivity index (χ3v) is 4.50. The number of hydrogen-bond acceptors (Lipinski definition) is 6. The van der Waals surface area contributed by atoms with Crippen LogP contribution in [-0.2, 0) is 17.8 Å². The minimum Gasteiger partial charge on any atom is -0.381 e. The van der Waals surface area contributed by atoms with Gasteiger partial charge in [-0.1, -0.05) is 24.3 Å². The van der Waals surface area contributed by atoms with Crippen LogP contribution in [0, 0.1) is 0 Å². The second kappa shape index (κ2) is 7.80. The van der Waals surface area contributed by atoms with Gasteiger partial charge in [0.1, 0.15) is 5.82 Å². The van der Waals surface area contributed by atoms with Crippen LogP contribution in [0.3, 0.4) is 0 Å². The molecule has 2 heterocycles. The van der Waals surface area contributed by atoms with Crippen LogP contribution in [0.25, 0.3) is 0 Å². The van der Waals surface area contributed by atoms with Crippen molar-refractivity contribution >= 4 is 11.8 Å². The highest BCUT2D eigenvalue weighted by Crippen LogP contribution is 2.27. The molecular weight excluding hydrogens is 314 g/mol. The largest absolute Gasteiger partial charge is 0.381 e. The van der Waals surface area contributed by atoms with Crippen molar-refractivity contribution in [2.24, 2.45) is 0 Å². The third-order valence-electron chi connectivity index (χ3n) is 4.50. The summed E-state index contributed by atoms with van der Waals surface area (Å²) in [5, 5.41) is 0. The van der Waals surface area contributed by atoms with Crippen LogP contribution < -0.4 is 10.6 Å². The van der Waals surface area contributed by atoms with E-state index in [2.05, 4.69) is 58.1 Å². The molecule has 1 aliphatic heterocycles. The Morgan fingerprint density at radius 3 is 2.48 bits per heavy atom.